The van der Waals surface area contributed by atoms with Gasteiger partial charge in [-0.25, -0.2) is 9.79 Å². The molecule has 1 aromatic rings. The average Bonchev–Trinajstić information content (AvgIpc) is 2.58. The van der Waals surface area contributed by atoms with E-state index in [9.17, 15) is 4.79 Å². The molecule has 0 saturated carbocycles. The van der Waals surface area contributed by atoms with Gasteiger partial charge in [0.25, 0.3) is 0 Å². The monoisotopic (exact) mass is 203 g/mol. The number of ether oxygens (including phenoxy) is 1. The summed E-state index contributed by atoms with van der Waals surface area (Å²) >= 11 is 0. The van der Waals surface area contributed by atoms with Crippen molar-refractivity contribution in [3.8, 4) is 0 Å². The van der Waals surface area contributed by atoms with Gasteiger partial charge in [-0.05, 0) is 25.0 Å². The summed E-state index contributed by atoms with van der Waals surface area (Å²) in [5.74, 6) is -0.280. The van der Waals surface area contributed by atoms with Crippen LogP contribution in [0.1, 0.15) is 17.5 Å². The van der Waals surface area contributed by atoms with Crippen LogP contribution in [0.2, 0.25) is 0 Å². The number of para-hydroxylation sites is 1. The van der Waals surface area contributed by atoms with Gasteiger partial charge in [-0.3, -0.25) is 0 Å². The van der Waals surface area contributed by atoms with E-state index < -0.39 is 0 Å². The number of nitrogens with zero attached hydrogens (tertiary/aromatic N) is 1. The van der Waals surface area contributed by atoms with E-state index in [2.05, 4.69) is 4.99 Å². The fourth-order valence-corrected chi connectivity index (χ4v) is 1.64. The standard InChI is InChI=1S/C12H13NO2/c1-8-4-3-5-9(2)11(8)13-10-6-7-15-12(10)14/h3-5H,6-7H2,1-2H3. The maximum atomic E-state index is 11.2. The van der Waals surface area contributed by atoms with Crippen LogP contribution in [-0.4, -0.2) is 18.3 Å². The minimum atomic E-state index is -0.280. The molecule has 3 nitrogen and oxygen atoms in total. The number of carbonyl (C=O) groups is 1. The zero-order valence-electron chi connectivity index (χ0n) is 8.91. The van der Waals surface area contributed by atoms with Crippen molar-refractivity contribution in [2.45, 2.75) is 20.3 Å². The first-order valence-corrected chi connectivity index (χ1v) is 4.99. The molecular formula is C12H13NO2. The van der Waals surface area contributed by atoms with Gasteiger partial charge in [0.2, 0.25) is 0 Å². The molecule has 0 radical (unpaired) electrons. The van der Waals surface area contributed by atoms with Crippen molar-refractivity contribution in [3.05, 3.63) is 29.3 Å². The third-order valence-corrected chi connectivity index (χ3v) is 2.49. The summed E-state index contributed by atoms with van der Waals surface area (Å²) in [6.07, 6.45) is 0.618. The normalized spacial score (nSPS) is 18.3. The Morgan fingerprint density at radius 3 is 2.47 bits per heavy atom. The van der Waals surface area contributed by atoms with E-state index in [-0.39, 0.29) is 5.97 Å². The lowest BCUT2D eigenvalue weighted by Crippen LogP contribution is -2.05. The van der Waals surface area contributed by atoms with Gasteiger partial charge in [-0.1, -0.05) is 18.2 Å². The molecule has 1 saturated heterocycles. The molecular weight excluding hydrogens is 190 g/mol. The molecule has 1 heterocycles. The number of esters is 1. The third-order valence-electron chi connectivity index (χ3n) is 2.49. The van der Waals surface area contributed by atoms with Crippen molar-refractivity contribution in [1.29, 1.82) is 0 Å². The van der Waals surface area contributed by atoms with Gasteiger partial charge < -0.3 is 4.74 Å². The molecule has 0 amide bonds. The number of hydrogen-bond donors (Lipinski definition) is 0. The smallest absolute Gasteiger partial charge is 0.352 e. The molecule has 2 rings (SSSR count). The van der Waals surface area contributed by atoms with Gasteiger partial charge in [0.1, 0.15) is 5.71 Å². The van der Waals surface area contributed by atoms with Crippen LogP contribution in [0.25, 0.3) is 0 Å². The summed E-state index contributed by atoms with van der Waals surface area (Å²) in [6.45, 7) is 4.45. The second-order valence-corrected chi connectivity index (χ2v) is 3.68. The zero-order valence-corrected chi connectivity index (χ0v) is 8.91. The highest BCUT2D eigenvalue weighted by Gasteiger charge is 2.20. The lowest BCUT2D eigenvalue weighted by atomic mass is 10.1. The number of cyclic esters (lactones) is 1. The highest BCUT2D eigenvalue weighted by molar-refractivity contribution is 6.38. The van der Waals surface area contributed by atoms with Gasteiger partial charge in [0.05, 0.1) is 12.3 Å². The lowest BCUT2D eigenvalue weighted by Gasteiger charge is -2.04. The fraction of sp³-hybridized carbons (Fsp3) is 0.333. The Kier molecular flexibility index (Phi) is 2.54. The summed E-state index contributed by atoms with van der Waals surface area (Å²) in [5.41, 5.74) is 3.60. The van der Waals surface area contributed by atoms with E-state index in [0.717, 1.165) is 16.8 Å². The van der Waals surface area contributed by atoms with Crippen LogP contribution in [0, 0.1) is 13.8 Å². The largest absolute Gasteiger partial charge is 0.461 e. The highest BCUT2D eigenvalue weighted by Crippen LogP contribution is 2.24. The van der Waals surface area contributed by atoms with Gasteiger partial charge >= 0.3 is 5.97 Å². The van der Waals surface area contributed by atoms with Crippen LogP contribution in [0.15, 0.2) is 23.2 Å². The lowest BCUT2D eigenvalue weighted by molar-refractivity contribution is -0.132. The Balaban J connectivity index is 2.42. The molecule has 0 aromatic heterocycles. The summed E-state index contributed by atoms with van der Waals surface area (Å²) in [4.78, 5) is 15.6. The average molecular weight is 203 g/mol. The predicted molar refractivity (Wildman–Crippen MR) is 58.6 cm³/mol. The molecule has 0 N–H and O–H groups in total. The first-order chi connectivity index (χ1) is 7.18. The number of rotatable bonds is 1. The second kappa shape index (κ2) is 3.85. The van der Waals surface area contributed by atoms with Crippen LogP contribution in [-0.2, 0) is 9.53 Å². The summed E-state index contributed by atoms with van der Waals surface area (Å²) in [6, 6.07) is 5.97. The molecule has 1 fully saturated rings. The number of hydrogen-bond acceptors (Lipinski definition) is 3. The predicted octanol–water partition coefficient (Wildman–Crippen LogP) is 2.32. The van der Waals surface area contributed by atoms with Crippen molar-refractivity contribution in [2.75, 3.05) is 6.61 Å². The van der Waals surface area contributed by atoms with Crippen molar-refractivity contribution < 1.29 is 9.53 Å². The zero-order chi connectivity index (χ0) is 10.8. The van der Waals surface area contributed by atoms with Crippen molar-refractivity contribution in [1.82, 2.24) is 0 Å². The first kappa shape index (κ1) is 9.90. The molecule has 3 heteroatoms. The van der Waals surface area contributed by atoms with Crippen LogP contribution < -0.4 is 0 Å². The van der Waals surface area contributed by atoms with Crippen LogP contribution >= 0.6 is 0 Å². The Morgan fingerprint density at radius 2 is 1.93 bits per heavy atom. The van der Waals surface area contributed by atoms with E-state index in [1.807, 2.05) is 32.0 Å². The quantitative estimate of drug-likeness (QED) is 0.657. The van der Waals surface area contributed by atoms with E-state index in [1.165, 1.54) is 0 Å². The van der Waals surface area contributed by atoms with Gasteiger partial charge in [-0.15, -0.1) is 0 Å². The van der Waals surface area contributed by atoms with Gasteiger partial charge in [0.15, 0.2) is 0 Å². The molecule has 0 aliphatic carbocycles. The van der Waals surface area contributed by atoms with Crippen molar-refractivity contribution >= 4 is 17.4 Å². The van der Waals surface area contributed by atoms with E-state index in [0.29, 0.717) is 18.7 Å². The molecule has 78 valence electrons. The van der Waals surface area contributed by atoms with E-state index >= 15 is 0 Å². The Morgan fingerprint density at radius 1 is 1.27 bits per heavy atom. The van der Waals surface area contributed by atoms with Gasteiger partial charge in [-0.2, -0.15) is 0 Å². The van der Waals surface area contributed by atoms with Gasteiger partial charge in [0, 0.05) is 6.42 Å². The molecule has 1 aliphatic rings. The number of benzene rings is 1. The molecule has 0 bridgehead atoms. The van der Waals surface area contributed by atoms with E-state index in [4.69, 9.17) is 4.74 Å². The van der Waals surface area contributed by atoms with Crippen molar-refractivity contribution in [2.24, 2.45) is 4.99 Å². The number of carbonyl (C=O) groups excluding carboxylic acids is 1. The van der Waals surface area contributed by atoms with Crippen molar-refractivity contribution in [3.63, 3.8) is 0 Å². The molecule has 0 unspecified atom stereocenters. The molecule has 0 atom stereocenters. The maximum absolute atomic E-state index is 11.2. The molecule has 1 aromatic carbocycles. The highest BCUT2D eigenvalue weighted by atomic mass is 16.5. The SMILES string of the molecule is Cc1cccc(C)c1N=C1CCOC1=O. The summed E-state index contributed by atoms with van der Waals surface area (Å²) in [7, 11) is 0. The Bertz CT molecular complexity index is 415. The van der Waals surface area contributed by atoms with Crippen LogP contribution in [0.4, 0.5) is 5.69 Å². The molecule has 15 heavy (non-hydrogen) atoms. The Hall–Kier alpha value is -1.64. The first-order valence-electron chi connectivity index (χ1n) is 4.99. The summed E-state index contributed by atoms with van der Waals surface area (Å²) in [5, 5.41) is 0. The second-order valence-electron chi connectivity index (χ2n) is 3.68. The topological polar surface area (TPSA) is 38.7 Å². The number of aliphatic imine (C=N–C) groups is 1. The van der Waals surface area contributed by atoms with Crippen LogP contribution in [0.3, 0.4) is 0 Å². The fourth-order valence-electron chi connectivity index (χ4n) is 1.64. The molecule has 1 aliphatic heterocycles. The van der Waals surface area contributed by atoms with Crippen LogP contribution in [0.5, 0.6) is 0 Å². The number of aryl methyl sites for hydroxylation is 2. The third kappa shape index (κ3) is 1.91. The maximum Gasteiger partial charge on any atom is 0.352 e. The Labute approximate surface area is 88.8 Å². The minimum absolute atomic E-state index is 0.280. The molecule has 0 spiro atoms. The van der Waals surface area contributed by atoms with E-state index in [1.54, 1.807) is 0 Å². The summed E-state index contributed by atoms with van der Waals surface area (Å²) < 4.78 is 4.85. The minimum Gasteiger partial charge on any atom is -0.461 e.